The molecule has 1 aromatic heterocycles. The van der Waals surface area contributed by atoms with E-state index in [9.17, 15) is 9.59 Å². The first-order valence-electron chi connectivity index (χ1n) is 7.59. The summed E-state index contributed by atoms with van der Waals surface area (Å²) in [4.78, 5) is 28.9. The number of aromatic nitrogens is 4. The Bertz CT molecular complexity index is 735. The number of aryl methyl sites for hydroxylation is 2. The first-order chi connectivity index (χ1) is 11.1. The standard InChI is InChI=1S/C15H21N5O3/c1-4-7-14(21)16-23-10-12-11(5-2)8-6-9-13(12)20-15(22)19(3)17-18-20/h6,8-9H,4-5,7,10H2,1-3H3,(H,16,21). The van der Waals surface area contributed by atoms with E-state index in [2.05, 4.69) is 15.9 Å². The Balaban J connectivity index is 2.28. The van der Waals surface area contributed by atoms with Crippen LogP contribution in [-0.4, -0.2) is 25.7 Å². The molecular formula is C15H21N5O3. The molecular weight excluding hydrogens is 298 g/mol. The van der Waals surface area contributed by atoms with Crippen LogP contribution >= 0.6 is 0 Å². The fourth-order valence-corrected chi connectivity index (χ4v) is 2.25. The van der Waals surface area contributed by atoms with Crippen LogP contribution in [0.15, 0.2) is 23.0 Å². The summed E-state index contributed by atoms with van der Waals surface area (Å²) in [5.41, 5.74) is 4.50. The van der Waals surface area contributed by atoms with Crippen molar-refractivity contribution < 1.29 is 9.63 Å². The number of nitrogens with one attached hydrogen (secondary N) is 1. The van der Waals surface area contributed by atoms with E-state index in [0.717, 1.165) is 28.7 Å². The molecule has 0 aliphatic rings. The normalized spacial score (nSPS) is 10.7. The monoisotopic (exact) mass is 319 g/mol. The summed E-state index contributed by atoms with van der Waals surface area (Å²) in [5, 5.41) is 7.60. The summed E-state index contributed by atoms with van der Waals surface area (Å²) in [6.07, 6.45) is 1.93. The van der Waals surface area contributed by atoms with Gasteiger partial charge in [0, 0.05) is 19.0 Å². The van der Waals surface area contributed by atoms with Gasteiger partial charge in [-0.25, -0.2) is 10.3 Å². The molecule has 0 spiro atoms. The Morgan fingerprint density at radius 2 is 2.09 bits per heavy atom. The van der Waals surface area contributed by atoms with E-state index in [0.29, 0.717) is 12.1 Å². The molecule has 1 amide bonds. The SMILES string of the molecule is CCCC(=O)NOCc1c(CC)cccc1-n1nnn(C)c1=O. The second kappa shape index (κ2) is 7.68. The van der Waals surface area contributed by atoms with Crippen LogP contribution in [0.1, 0.15) is 37.8 Å². The van der Waals surface area contributed by atoms with Crippen molar-refractivity contribution in [3.05, 3.63) is 39.8 Å². The molecule has 1 N–H and O–H groups in total. The molecule has 8 nitrogen and oxygen atoms in total. The lowest BCUT2D eigenvalue weighted by Crippen LogP contribution is -2.25. The predicted octanol–water partition coefficient (Wildman–Crippen LogP) is 0.876. The van der Waals surface area contributed by atoms with Crippen molar-refractivity contribution in [2.24, 2.45) is 7.05 Å². The molecule has 0 aliphatic heterocycles. The number of amides is 1. The number of rotatable bonds is 7. The first-order valence-corrected chi connectivity index (χ1v) is 7.59. The number of benzene rings is 1. The largest absolute Gasteiger partial charge is 0.368 e. The van der Waals surface area contributed by atoms with Crippen molar-refractivity contribution >= 4 is 5.91 Å². The summed E-state index contributed by atoms with van der Waals surface area (Å²) in [5.74, 6) is -0.167. The number of hydrogen-bond acceptors (Lipinski definition) is 5. The Hall–Kier alpha value is -2.48. The van der Waals surface area contributed by atoms with Gasteiger partial charge in [0.25, 0.3) is 0 Å². The first kappa shape index (κ1) is 16.9. The lowest BCUT2D eigenvalue weighted by atomic mass is 10.0. The zero-order valence-electron chi connectivity index (χ0n) is 13.6. The van der Waals surface area contributed by atoms with Crippen LogP contribution in [0.5, 0.6) is 0 Å². The van der Waals surface area contributed by atoms with Crippen molar-refractivity contribution in [2.45, 2.75) is 39.7 Å². The smallest absolute Gasteiger partial charge is 0.273 e. The number of carbonyl (C=O) groups excluding carboxylic acids is 1. The van der Waals surface area contributed by atoms with Crippen LogP contribution in [-0.2, 0) is 29.7 Å². The third-order valence-electron chi connectivity index (χ3n) is 3.46. The van der Waals surface area contributed by atoms with Gasteiger partial charge in [-0.05, 0) is 34.9 Å². The van der Waals surface area contributed by atoms with E-state index in [1.807, 2.05) is 26.0 Å². The van der Waals surface area contributed by atoms with E-state index in [-0.39, 0.29) is 18.2 Å². The molecule has 0 saturated carbocycles. The summed E-state index contributed by atoms with van der Waals surface area (Å²) in [6.45, 7) is 4.08. The molecule has 1 heterocycles. The molecule has 23 heavy (non-hydrogen) atoms. The van der Waals surface area contributed by atoms with Gasteiger partial charge in [-0.2, -0.15) is 9.36 Å². The fraction of sp³-hybridized carbons (Fsp3) is 0.467. The highest BCUT2D eigenvalue weighted by atomic mass is 16.6. The molecule has 0 fully saturated rings. The maximum atomic E-state index is 12.1. The quantitative estimate of drug-likeness (QED) is 0.765. The Labute approximate surface area is 134 Å². The van der Waals surface area contributed by atoms with Crippen LogP contribution in [0.4, 0.5) is 0 Å². The van der Waals surface area contributed by atoms with Gasteiger partial charge in [0.1, 0.15) is 6.61 Å². The second-order valence-corrected chi connectivity index (χ2v) is 5.13. The highest BCUT2D eigenvalue weighted by Gasteiger charge is 2.14. The molecule has 0 bridgehead atoms. The van der Waals surface area contributed by atoms with E-state index < -0.39 is 0 Å². The summed E-state index contributed by atoms with van der Waals surface area (Å²) in [6, 6.07) is 5.59. The van der Waals surface area contributed by atoms with Gasteiger partial charge >= 0.3 is 5.69 Å². The van der Waals surface area contributed by atoms with E-state index in [1.54, 1.807) is 6.07 Å². The number of hydrogen-bond donors (Lipinski definition) is 1. The number of hydroxylamine groups is 1. The highest BCUT2D eigenvalue weighted by Crippen LogP contribution is 2.19. The Morgan fingerprint density at radius 1 is 1.30 bits per heavy atom. The topological polar surface area (TPSA) is 91.0 Å². The van der Waals surface area contributed by atoms with E-state index in [1.165, 1.54) is 11.7 Å². The van der Waals surface area contributed by atoms with Gasteiger partial charge in [-0.1, -0.05) is 26.0 Å². The Kier molecular flexibility index (Phi) is 5.64. The molecule has 2 rings (SSSR count). The molecule has 0 unspecified atom stereocenters. The van der Waals surface area contributed by atoms with Crippen LogP contribution < -0.4 is 11.2 Å². The van der Waals surface area contributed by atoms with Crippen LogP contribution in [0.3, 0.4) is 0 Å². The molecule has 124 valence electrons. The summed E-state index contributed by atoms with van der Waals surface area (Å²) >= 11 is 0. The van der Waals surface area contributed by atoms with Crippen LogP contribution in [0.2, 0.25) is 0 Å². The number of tetrazole rings is 1. The predicted molar refractivity (Wildman–Crippen MR) is 83.8 cm³/mol. The third-order valence-corrected chi connectivity index (χ3v) is 3.46. The maximum absolute atomic E-state index is 12.1. The minimum Gasteiger partial charge on any atom is -0.273 e. The van der Waals surface area contributed by atoms with Crippen molar-refractivity contribution in [1.82, 2.24) is 25.3 Å². The van der Waals surface area contributed by atoms with E-state index >= 15 is 0 Å². The van der Waals surface area contributed by atoms with Crippen molar-refractivity contribution in [2.75, 3.05) is 0 Å². The molecule has 0 radical (unpaired) electrons. The molecule has 0 atom stereocenters. The summed E-state index contributed by atoms with van der Waals surface area (Å²) < 4.78 is 2.39. The fourth-order valence-electron chi connectivity index (χ4n) is 2.25. The molecule has 0 saturated heterocycles. The summed E-state index contributed by atoms with van der Waals surface area (Å²) in [7, 11) is 1.54. The number of nitrogens with zero attached hydrogens (tertiary/aromatic N) is 4. The zero-order valence-corrected chi connectivity index (χ0v) is 13.6. The Morgan fingerprint density at radius 3 is 2.70 bits per heavy atom. The molecule has 8 heteroatoms. The average molecular weight is 319 g/mol. The van der Waals surface area contributed by atoms with Crippen LogP contribution in [0, 0.1) is 0 Å². The highest BCUT2D eigenvalue weighted by molar-refractivity contribution is 5.74. The van der Waals surface area contributed by atoms with Crippen LogP contribution in [0.25, 0.3) is 5.69 Å². The minimum atomic E-state index is -0.338. The lowest BCUT2D eigenvalue weighted by Gasteiger charge is -2.13. The van der Waals surface area contributed by atoms with Crippen molar-refractivity contribution in [3.63, 3.8) is 0 Å². The van der Waals surface area contributed by atoms with Gasteiger partial charge in [0.2, 0.25) is 5.91 Å². The van der Waals surface area contributed by atoms with Gasteiger partial charge in [-0.3, -0.25) is 9.63 Å². The van der Waals surface area contributed by atoms with Gasteiger partial charge in [-0.15, -0.1) is 0 Å². The molecule has 2 aromatic rings. The number of carbonyl (C=O) groups is 1. The third kappa shape index (κ3) is 3.84. The minimum absolute atomic E-state index is 0.151. The lowest BCUT2D eigenvalue weighted by molar-refractivity contribution is -0.134. The molecule has 1 aromatic carbocycles. The van der Waals surface area contributed by atoms with Gasteiger partial charge in [0.05, 0.1) is 5.69 Å². The maximum Gasteiger partial charge on any atom is 0.368 e. The van der Waals surface area contributed by atoms with Crippen molar-refractivity contribution in [3.8, 4) is 5.69 Å². The molecule has 0 aliphatic carbocycles. The van der Waals surface area contributed by atoms with Gasteiger partial charge < -0.3 is 0 Å². The zero-order chi connectivity index (χ0) is 16.8. The van der Waals surface area contributed by atoms with Crippen molar-refractivity contribution in [1.29, 1.82) is 0 Å². The second-order valence-electron chi connectivity index (χ2n) is 5.13. The van der Waals surface area contributed by atoms with E-state index in [4.69, 9.17) is 4.84 Å². The average Bonchev–Trinajstić information content (AvgIpc) is 2.87. The van der Waals surface area contributed by atoms with Gasteiger partial charge in [0.15, 0.2) is 0 Å².